The summed E-state index contributed by atoms with van der Waals surface area (Å²) in [5.41, 5.74) is 2.25. The van der Waals surface area contributed by atoms with E-state index in [0.717, 1.165) is 17.5 Å². The Hall–Kier alpha value is -2.71. The van der Waals surface area contributed by atoms with Crippen molar-refractivity contribution in [1.29, 1.82) is 0 Å². The SMILES string of the molecule is CSCCC(NC(=O)OC(C)(C)C)C(=O)N(C(C)CCC(C)C)C(C(=O)Nc1c(C)cccc1Cl)c1cccc(C)c1. The van der Waals surface area contributed by atoms with Gasteiger partial charge in [0.2, 0.25) is 5.91 Å². The summed E-state index contributed by atoms with van der Waals surface area (Å²) >= 11 is 8.08. The fourth-order valence-corrected chi connectivity index (χ4v) is 5.44. The van der Waals surface area contributed by atoms with E-state index in [9.17, 15) is 14.4 Å². The van der Waals surface area contributed by atoms with E-state index in [4.69, 9.17) is 16.3 Å². The molecule has 0 saturated carbocycles. The molecule has 42 heavy (non-hydrogen) atoms. The second-order valence-electron chi connectivity index (χ2n) is 12.3. The van der Waals surface area contributed by atoms with Gasteiger partial charge in [-0.25, -0.2) is 4.79 Å². The molecule has 3 atom stereocenters. The van der Waals surface area contributed by atoms with Crippen LogP contribution in [-0.2, 0) is 14.3 Å². The van der Waals surface area contributed by atoms with Crippen molar-refractivity contribution < 1.29 is 19.1 Å². The monoisotopic (exact) mass is 617 g/mol. The lowest BCUT2D eigenvalue weighted by atomic mass is 9.96. The molecule has 2 rings (SSSR count). The first-order chi connectivity index (χ1) is 19.6. The zero-order valence-corrected chi connectivity index (χ0v) is 28.1. The van der Waals surface area contributed by atoms with Crippen LogP contribution in [0.4, 0.5) is 10.5 Å². The maximum atomic E-state index is 14.6. The Morgan fingerprint density at radius 3 is 2.24 bits per heavy atom. The van der Waals surface area contributed by atoms with E-state index in [1.165, 1.54) is 0 Å². The number of amides is 3. The highest BCUT2D eigenvalue weighted by Gasteiger charge is 2.39. The molecule has 0 aromatic heterocycles. The summed E-state index contributed by atoms with van der Waals surface area (Å²) in [5, 5.41) is 6.26. The highest BCUT2D eigenvalue weighted by atomic mass is 35.5. The lowest BCUT2D eigenvalue weighted by molar-refractivity contribution is -0.143. The van der Waals surface area contributed by atoms with Gasteiger partial charge in [-0.2, -0.15) is 11.8 Å². The minimum atomic E-state index is -0.965. The number of carbonyl (C=O) groups excluding carboxylic acids is 3. The lowest BCUT2D eigenvalue weighted by Gasteiger charge is -2.39. The molecule has 2 aromatic carbocycles. The molecule has 9 heteroatoms. The Morgan fingerprint density at radius 2 is 1.67 bits per heavy atom. The van der Waals surface area contributed by atoms with Gasteiger partial charge in [0.15, 0.2) is 0 Å². The van der Waals surface area contributed by atoms with Gasteiger partial charge in [-0.05, 0) is 95.9 Å². The second-order valence-corrected chi connectivity index (χ2v) is 13.7. The van der Waals surface area contributed by atoms with Crippen molar-refractivity contribution in [3.05, 3.63) is 64.2 Å². The first-order valence-electron chi connectivity index (χ1n) is 14.6. The largest absolute Gasteiger partial charge is 0.444 e. The predicted octanol–water partition coefficient (Wildman–Crippen LogP) is 7.94. The van der Waals surface area contributed by atoms with Crippen LogP contribution in [0.2, 0.25) is 5.02 Å². The molecule has 0 heterocycles. The van der Waals surface area contributed by atoms with Crippen LogP contribution in [0.1, 0.15) is 83.5 Å². The number of para-hydroxylation sites is 1. The number of halogens is 1. The van der Waals surface area contributed by atoms with E-state index in [1.807, 2.05) is 63.4 Å². The zero-order chi connectivity index (χ0) is 31.6. The molecule has 7 nitrogen and oxygen atoms in total. The predicted molar refractivity (Wildman–Crippen MR) is 175 cm³/mol. The van der Waals surface area contributed by atoms with Gasteiger partial charge in [-0.15, -0.1) is 0 Å². The summed E-state index contributed by atoms with van der Waals surface area (Å²) in [5.74, 6) is 0.348. The molecule has 0 spiro atoms. The molecule has 0 radical (unpaired) electrons. The van der Waals surface area contributed by atoms with E-state index < -0.39 is 23.8 Å². The van der Waals surface area contributed by atoms with Crippen molar-refractivity contribution in [1.82, 2.24) is 10.2 Å². The maximum Gasteiger partial charge on any atom is 0.408 e. The summed E-state index contributed by atoms with van der Waals surface area (Å²) in [4.78, 5) is 43.4. The summed E-state index contributed by atoms with van der Waals surface area (Å²) in [6, 6.07) is 10.9. The minimum absolute atomic E-state index is 0.305. The normalized spacial score (nSPS) is 13.7. The summed E-state index contributed by atoms with van der Waals surface area (Å²) < 4.78 is 5.51. The number of benzene rings is 2. The second kappa shape index (κ2) is 16.2. The third-order valence-electron chi connectivity index (χ3n) is 6.85. The molecule has 0 saturated heterocycles. The molecule has 0 aliphatic carbocycles. The number of alkyl carbamates (subject to hydrolysis) is 1. The number of hydrogen-bond acceptors (Lipinski definition) is 5. The van der Waals surface area contributed by atoms with Gasteiger partial charge in [0.05, 0.1) is 10.7 Å². The highest BCUT2D eigenvalue weighted by Crippen LogP contribution is 2.32. The molecular weight excluding hydrogens is 570 g/mol. The summed E-state index contributed by atoms with van der Waals surface area (Å²) in [6.45, 7) is 15.4. The van der Waals surface area contributed by atoms with Crippen LogP contribution in [0, 0.1) is 19.8 Å². The number of hydrogen-bond donors (Lipinski definition) is 2. The van der Waals surface area contributed by atoms with Gasteiger partial charge in [-0.3, -0.25) is 9.59 Å². The first kappa shape index (κ1) is 35.5. The van der Waals surface area contributed by atoms with Crippen molar-refractivity contribution in [2.45, 2.75) is 98.4 Å². The van der Waals surface area contributed by atoms with Crippen LogP contribution < -0.4 is 10.6 Å². The minimum Gasteiger partial charge on any atom is -0.444 e. The number of thioether (sulfide) groups is 1. The van der Waals surface area contributed by atoms with E-state index in [1.54, 1.807) is 43.5 Å². The maximum absolute atomic E-state index is 14.6. The molecule has 0 bridgehead atoms. The lowest BCUT2D eigenvalue weighted by Crippen LogP contribution is -2.55. The van der Waals surface area contributed by atoms with Crippen LogP contribution >= 0.6 is 23.4 Å². The van der Waals surface area contributed by atoms with Crippen LogP contribution in [0.3, 0.4) is 0 Å². The first-order valence-corrected chi connectivity index (χ1v) is 16.3. The van der Waals surface area contributed by atoms with Gasteiger partial charge >= 0.3 is 6.09 Å². The topological polar surface area (TPSA) is 87.7 Å². The van der Waals surface area contributed by atoms with Gasteiger partial charge in [0.1, 0.15) is 17.7 Å². The Kier molecular flexibility index (Phi) is 13.7. The Bertz CT molecular complexity index is 1190. The van der Waals surface area contributed by atoms with Crippen LogP contribution in [0.5, 0.6) is 0 Å². The smallest absolute Gasteiger partial charge is 0.408 e. The molecule has 232 valence electrons. The van der Waals surface area contributed by atoms with Gasteiger partial charge < -0.3 is 20.3 Å². The molecule has 0 fully saturated rings. The summed E-state index contributed by atoms with van der Waals surface area (Å²) in [7, 11) is 0. The Balaban J connectivity index is 2.65. The average Bonchev–Trinajstić information content (AvgIpc) is 2.88. The standard InChI is InChI=1S/C33H48ClN3O4S/c1-21(2)16-17-24(5)37(31(39)27(18-19-42-9)35-32(40)41-33(6,7)8)29(25-14-10-12-22(3)20-25)30(38)36-28-23(4)13-11-15-26(28)34/h10-15,20-21,24,27,29H,16-19H2,1-9H3,(H,35,40)(H,36,38). The molecule has 3 unspecified atom stereocenters. The van der Waals surface area contributed by atoms with E-state index >= 15 is 0 Å². The summed E-state index contributed by atoms with van der Waals surface area (Å²) in [6.07, 6.45) is 3.23. The Morgan fingerprint density at radius 1 is 1.00 bits per heavy atom. The van der Waals surface area contributed by atoms with Gasteiger partial charge in [0, 0.05) is 6.04 Å². The molecule has 0 aliphatic rings. The number of aryl methyl sites for hydroxylation is 2. The van der Waals surface area contributed by atoms with Crippen molar-refractivity contribution in [3.63, 3.8) is 0 Å². The number of anilines is 1. The number of nitrogens with one attached hydrogen (secondary N) is 2. The Labute approximate surface area is 261 Å². The molecule has 0 aliphatic heterocycles. The van der Waals surface area contributed by atoms with Crippen molar-refractivity contribution >= 4 is 47.0 Å². The number of carbonyl (C=O) groups is 3. The van der Waals surface area contributed by atoms with Crippen molar-refractivity contribution in [3.8, 4) is 0 Å². The number of rotatable bonds is 13. The highest BCUT2D eigenvalue weighted by molar-refractivity contribution is 7.98. The van der Waals surface area contributed by atoms with Crippen LogP contribution in [-0.4, -0.2) is 52.5 Å². The van der Waals surface area contributed by atoms with E-state index in [0.29, 0.717) is 40.8 Å². The molecule has 3 amide bonds. The number of ether oxygens (including phenoxy) is 1. The van der Waals surface area contributed by atoms with E-state index in [-0.39, 0.29) is 17.9 Å². The van der Waals surface area contributed by atoms with Crippen molar-refractivity contribution in [2.24, 2.45) is 5.92 Å². The van der Waals surface area contributed by atoms with Gasteiger partial charge in [-0.1, -0.05) is 67.4 Å². The molecule has 2 aromatic rings. The average molecular weight is 618 g/mol. The zero-order valence-electron chi connectivity index (χ0n) is 26.5. The third-order valence-corrected chi connectivity index (χ3v) is 7.80. The van der Waals surface area contributed by atoms with Crippen LogP contribution in [0.25, 0.3) is 0 Å². The number of nitrogens with zero attached hydrogens (tertiary/aromatic N) is 1. The quantitative estimate of drug-likeness (QED) is 0.238. The third kappa shape index (κ3) is 10.8. The fraction of sp³-hybridized carbons (Fsp3) is 0.545. The molecule has 2 N–H and O–H groups in total. The van der Waals surface area contributed by atoms with Gasteiger partial charge in [0.25, 0.3) is 5.91 Å². The van der Waals surface area contributed by atoms with E-state index in [2.05, 4.69) is 24.5 Å². The van der Waals surface area contributed by atoms with Crippen LogP contribution in [0.15, 0.2) is 42.5 Å². The molecular formula is C33H48ClN3O4S. The van der Waals surface area contributed by atoms with Crippen molar-refractivity contribution in [2.75, 3.05) is 17.3 Å². The fourth-order valence-electron chi connectivity index (χ4n) is 4.70.